The lowest BCUT2D eigenvalue weighted by molar-refractivity contribution is 0.0698. The number of furan rings is 1. The molecule has 7 heteroatoms. The van der Waals surface area contributed by atoms with Crippen LogP contribution in [-0.2, 0) is 6.42 Å². The highest BCUT2D eigenvalue weighted by molar-refractivity contribution is 6.38. The molecule has 0 saturated heterocycles. The first-order valence-electron chi connectivity index (χ1n) is 6.04. The number of benzene rings is 1. The summed E-state index contributed by atoms with van der Waals surface area (Å²) in [5.41, 5.74) is 0.0360. The number of anilines is 1. The molecule has 110 valence electrons. The van der Waals surface area contributed by atoms with Crippen LogP contribution in [0.25, 0.3) is 0 Å². The van der Waals surface area contributed by atoms with E-state index in [2.05, 4.69) is 5.32 Å². The van der Waals surface area contributed by atoms with Gasteiger partial charge in [-0.05, 0) is 18.2 Å². The number of nitrogens with one attached hydrogen (secondary N) is 1. The summed E-state index contributed by atoms with van der Waals surface area (Å²) < 4.78 is 5.17. The number of rotatable bonds is 4. The lowest BCUT2D eigenvalue weighted by Gasteiger charge is -2.11. The van der Waals surface area contributed by atoms with Crippen molar-refractivity contribution in [3.63, 3.8) is 0 Å². The number of aromatic carboxylic acids is 1. The topological polar surface area (TPSA) is 79.5 Å². The molecule has 0 aliphatic carbocycles. The van der Waals surface area contributed by atoms with Gasteiger partial charge in [-0.15, -0.1) is 0 Å². The predicted molar refractivity (Wildman–Crippen MR) is 79.5 cm³/mol. The van der Waals surface area contributed by atoms with Crippen molar-refractivity contribution in [1.82, 2.24) is 0 Å². The van der Waals surface area contributed by atoms with Gasteiger partial charge in [0, 0.05) is 6.42 Å². The van der Waals surface area contributed by atoms with E-state index in [0.29, 0.717) is 17.7 Å². The first-order valence-corrected chi connectivity index (χ1v) is 6.80. The molecule has 0 atom stereocenters. The largest absolute Gasteiger partial charge is 0.478 e. The number of hydrogen-bond donors (Lipinski definition) is 2. The maximum atomic E-state index is 12.2. The highest BCUT2D eigenvalue weighted by atomic mass is 35.5. The van der Waals surface area contributed by atoms with Crippen LogP contribution in [0.4, 0.5) is 5.69 Å². The van der Waals surface area contributed by atoms with Crippen molar-refractivity contribution in [1.29, 1.82) is 0 Å². The zero-order valence-electron chi connectivity index (χ0n) is 10.9. The molecule has 0 bridgehead atoms. The molecule has 0 unspecified atom stereocenters. The molecule has 0 spiro atoms. The molecule has 0 radical (unpaired) electrons. The van der Waals surface area contributed by atoms with E-state index in [-0.39, 0.29) is 21.3 Å². The quantitative estimate of drug-likeness (QED) is 0.885. The molecule has 21 heavy (non-hydrogen) atoms. The molecule has 2 aromatic rings. The summed E-state index contributed by atoms with van der Waals surface area (Å²) in [5, 5.41) is 11.8. The van der Waals surface area contributed by atoms with Gasteiger partial charge < -0.3 is 14.8 Å². The van der Waals surface area contributed by atoms with Crippen LogP contribution in [0.1, 0.15) is 33.4 Å². The number of aryl methyl sites for hydroxylation is 1. The average Bonchev–Trinajstić information content (AvgIpc) is 2.90. The number of carbonyl (C=O) groups excluding carboxylic acids is 1. The summed E-state index contributed by atoms with van der Waals surface area (Å²) in [6.07, 6.45) is 1.93. The van der Waals surface area contributed by atoms with Gasteiger partial charge in [-0.25, -0.2) is 4.79 Å². The van der Waals surface area contributed by atoms with Crippen molar-refractivity contribution in [2.45, 2.75) is 13.3 Å². The summed E-state index contributed by atoms with van der Waals surface area (Å²) in [4.78, 5) is 23.5. The Morgan fingerprint density at radius 1 is 1.24 bits per heavy atom. The standard InChI is InChI=1S/C14H11Cl2NO4/c1-2-10-7(5-6-21-10)13(18)17-12-9(16)4-3-8(15)11(12)14(19)20/h3-6H,2H2,1H3,(H,17,18)(H,19,20). The minimum Gasteiger partial charge on any atom is -0.478 e. The maximum Gasteiger partial charge on any atom is 0.339 e. The first-order chi connectivity index (χ1) is 9.95. The van der Waals surface area contributed by atoms with E-state index in [4.69, 9.17) is 27.6 Å². The Balaban J connectivity index is 2.42. The molecule has 0 aliphatic rings. The summed E-state index contributed by atoms with van der Waals surface area (Å²) in [5.74, 6) is -1.28. The fourth-order valence-electron chi connectivity index (χ4n) is 1.88. The second-order valence-electron chi connectivity index (χ2n) is 4.15. The number of hydrogen-bond acceptors (Lipinski definition) is 3. The van der Waals surface area contributed by atoms with E-state index in [1.165, 1.54) is 24.5 Å². The van der Waals surface area contributed by atoms with Crippen LogP contribution in [0.3, 0.4) is 0 Å². The molecular formula is C14H11Cl2NO4. The Morgan fingerprint density at radius 3 is 2.52 bits per heavy atom. The zero-order valence-corrected chi connectivity index (χ0v) is 12.5. The van der Waals surface area contributed by atoms with Gasteiger partial charge in [0.15, 0.2) is 0 Å². The monoisotopic (exact) mass is 327 g/mol. The van der Waals surface area contributed by atoms with Gasteiger partial charge in [0.05, 0.1) is 27.6 Å². The zero-order chi connectivity index (χ0) is 15.6. The van der Waals surface area contributed by atoms with E-state index in [0.717, 1.165) is 0 Å². The number of carboxylic acids is 1. The molecule has 0 aliphatic heterocycles. The molecule has 0 saturated carbocycles. The molecule has 2 rings (SSSR count). The summed E-state index contributed by atoms with van der Waals surface area (Å²) in [6.45, 7) is 1.84. The van der Waals surface area contributed by atoms with E-state index in [1.54, 1.807) is 0 Å². The van der Waals surface area contributed by atoms with Crippen LogP contribution in [0, 0.1) is 0 Å². The van der Waals surface area contributed by atoms with E-state index >= 15 is 0 Å². The van der Waals surface area contributed by atoms with Crippen LogP contribution in [-0.4, -0.2) is 17.0 Å². The third kappa shape index (κ3) is 3.04. The Kier molecular flexibility index (Phi) is 4.55. The predicted octanol–water partition coefficient (Wildman–Crippen LogP) is 4.10. The van der Waals surface area contributed by atoms with Crippen molar-refractivity contribution in [2.24, 2.45) is 0 Å². The van der Waals surface area contributed by atoms with Gasteiger partial charge >= 0.3 is 5.97 Å². The van der Waals surface area contributed by atoms with Gasteiger partial charge in [-0.3, -0.25) is 4.79 Å². The third-order valence-corrected chi connectivity index (χ3v) is 3.50. The van der Waals surface area contributed by atoms with E-state index < -0.39 is 11.9 Å². The van der Waals surface area contributed by atoms with Crippen LogP contribution in [0.2, 0.25) is 10.0 Å². The molecule has 5 nitrogen and oxygen atoms in total. The maximum absolute atomic E-state index is 12.2. The minimum atomic E-state index is -1.28. The Hall–Kier alpha value is -1.98. The number of carbonyl (C=O) groups is 2. The van der Waals surface area contributed by atoms with Gasteiger partial charge in [0.2, 0.25) is 0 Å². The van der Waals surface area contributed by atoms with Gasteiger partial charge in [-0.2, -0.15) is 0 Å². The van der Waals surface area contributed by atoms with Crippen molar-refractivity contribution in [3.8, 4) is 0 Å². The molecular weight excluding hydrogens is 317 g/mol. The second-order valence-corrected chi connectivity index (χ2v) is 4.96. The lowest BCUT2D eigenvalue weighted by Crippen LogP contribution is -2.16. The number of amides is 1. The fourth-order valence-corrected chi connectivity index (χ4v) is 2.32. The van der Waals surface area contributed by atoms with Crippen LogP contribution < -0.4 is 5.32 Å². The summed E-state index contributed by atoms with van der Waals surface area (Å²) in [7, 11) is 0. The van der Waals surface area contributed by atoms with Gasteiger partial charge in [0.1, 0.15) is 11.3 Å². The van der Waals surface area contributed by atoms with Crippen LogP contribution in [0.15, 0.2) is 28.9 Å². The Bertz CT molecular complexity index is 709. The Morgan fingerprint density at radius 2 is 1.90 bits per heavy atom. The van der Waals surface area contributed by atoms with Crippen LogP contribution in [0.5, 0.6) is 0 Å². The second kappa shape index (κ2) is 6.20. The smallest absolute Gasteiger partial charge is 0.339 e. The normalized spacial score (nSPS) is 10.4. The molecule has 1 aromatic carbocycles. The van der Waals surface area contributed by atoms with Crippen LogP contribution >= 0.6 is 23.2 Å². The first kappa shape index (κ1) is 15.4. The molecule has 0 fully saturated rings. The highest BCUT2D eigenvalue weighted by Crippen LogP contribution is 2.32. The van der Waals surface area contributed by atoms with E-state index in [1.807, 2.05) is 6.92 Å². The number of carboxylic acid groups (broad SMARTS) is 1. The fraction of sp³-hybridized carbons (Fsp3) is 0.143. The van der Waals surface area contributed by atoms with Gasteiger partial charge in [0.25, 0.3) is 5.91 Å². The molecule has 2 N–H and O–H groups in total. The lowest BCUT2D eigenvalue weighted by atomic mass is 10.1. The van der Waals surface area contributed by atoms with Gasteiger partial charge in [-0.1, -0.05) is 30.1 Å². The third-order valence-electron chi connectivity index (χ3n) is 2.87. The van der Waals surface area contributed by atoms with Crippen molar-refractivity contribution in [2.75, 3.05) is 5.32 Å². The number of halogens is 2. The SMILES string of the molecule is CCc1occc1C(=O)Nc1c(Cl)ccc(Cl)c1C(=O)O. The molecule has 1 amide bonds. The van der Waals surface area contributed by atoms with Crippen molar-refractivity contribution in [3.05, 3.63) is 51.4 Å². The molecule has 1 heterocycles. The minimum absolute atomic E-state index is 0.00916. The summed E-state index contributed by atoms with van der Waals surface area (Å²) in [6, 6.07) is 4.29. The molecule has 1 aromatic heterocycles. The highest BCUT2D eigenvalue weighted by Gasteiger charge is 2.21. The van der Waals surface area contributed by atoms with Crippen molar-refractivity contribution >= 4 is 40.8 Å². The summed E-state index contributed by atoms with van der Waals surface area (Å²) >= 11 is 11.8. The Labute approximate surface area is 130 Å². The van der Waals surface area contributed by atoms with E-state index in [9.17, 15) is 14.7 Å². The van der Waals surface area contributed by atoms with Crippen molar-refractivity contribution < 1.29 is 19.1 Å². The average molecular weight is 328 g/mol.